The first kappa shape index (κ1) is 21.9. The van der Waals surface area contributed by atoms with Crippen molar-refractivity contribution in [2.45, 2.75) is 37.4 Å². The van der Waals surface area contributed by atoms with Gasteiger partial charge in [0.25, 0.3) is 0 Å². The van der Waals surface area contributed by atoms with Crippen LogP contribution in [0.1, 0.15) is 31.2 Å². The SMILES string of the molecule is C#C[C@]1(COC(=O)O[C@@H](C)c2ccccc2)O[C@@H](n2ccc3c(N)nc(Cl)nc32)C[C@@H]1O. The summed E-state index contributed by atoms with van der Waals surface area (Å²) in [5.41, 5.74) is 5.59. The van der Waals surface area contributed by atoms with Crippen LogP contribution in [-0.2, 0) is 14.2 Å². The standard InChI is InChI=1S/C22H21ClN4O5/c1-3-22(12-30-21(29)31-13(2)14-7-5-4-6-8-14)16(28)11-17(32-22)27-10-9-15-18(24)25-20(23)26-19(15)27/h1,4-10,13,16-17,28H,11-12H2,2H3,(H2,24,25,26)/t13-,16-,17+,22+/m0/s1. The van der Waals surface area contributed by atoms with E-state index in [-0.39, 0.29) is 17.5 Å². The van der Waals surface area contributed by atoms with Gasteiger partial charge in [0.15, 0.2) is 5.60 Å². The number of rotatable bonds is 5. The molecule has 0 amide bonds. The van der Waals surface area contributed by atoms with Crippen LogP contribution < -0.4 is 5.73 Å². The number of hydrogen-bond acceptors (Lipinski definition) is 8. The number of fused-ring (bicyclic) bond motifs is 1. The Kier molecular flexibility index (Phi) is 5.93. The average molecular weight is 457 g/mol. The Morgan fingerprint density at radius 3 is 2.91 bits per heavy atom. The van der Waals surface area contributed by atoms with E-state index in [0.717, 1.165) is 5.56 Å². The second-order valence-corrected chi connectivity index (χ2v) is 7.74. The maximum absolute atomic E-state index is 12.2. The third-order valence-corrected chi connectivity index (χ3v) is 5.55. The Hall–Kier alpha value is -3.32. The maximum atomic E-state index is 12.2. The van der Waals surface area contributed by atoms with Crippen LogP contribution in [0, 0.1) is 12.3 Å². The fourth-order valence-electron chi connectivity index (χ4n) is 3.62. The molecule has 1 fully saturated rings. The molecule has 1 aliphatic rings. The summed E-state index contributed by atoms with van der Waals surface area (Å²) in [6.45, 7) is 1.33. The number of aliphatic hydroxyl groups is 1. The number of anilines is 1. The fourth-order valence-corrected chi connectivity index (χ4v) is 3.79. The second kappa shape index (κ2) is 8.67. The Bertz CT molecular complexity index is 1180. The summed E-state index contributed by atoms with van der Waals surface area (Å²) in [5, 5.41) is 11.2. The highest BCUT2D eigenvalue weighted by Crippen LogP contribution is 2.39. The van der Waals surface area contributed by atoms with E-state index in [0.29, 0.717) is 11.0 Å². The predicted octanol–water partition coefficient (Wildman–Crippen LogP) is 3.23. The van der Waals surface area contributed by atoms with Gasteiger partial charge >= 0.3 is 6.16 Å². The van der Waals surface area contributed by atoms with Gasteiger partial charge in [-0.05, 0) is 30.2 Å². The molecule has 1 aromatic carbocycles. The van der Waals surface area contributed by atoms with E-state index >= 15 is 0 Å². The molecule has 0 aliphatic carbocycles. The summed E-state index contributed by atoms with van der Waals surface area (Å²) >= 11 is 5.93. The smallest absolute Gasteiger partial charge is 0.430 e. The third kappa shape index (κ3) is 4.08. The van der Waals surface area contributed by atoms with E-state index in [1.165, 1.54) is 0 Å². The number of terminal acetylenes is 1. The molecule has 1 aliphatic heterocycles. The van der Waals surface area contributed by atoms with E-state index in [1.54, 1.807) is 23.8 Å². The number of aliphatic hydroxyl groups excluding tert-OH is 1. The van der Waals surface area contributed by atoms with E-state index in [4.69, 9.17) is 38.0 Å². The van der Waals surface area contributed by atoms with Gasteiger partial charge in [0.1, 0.15) is 36.5 Å². The summed E-state index contributed by atoms with van der Waals surface area (Å²) in [6, 6.07) is 10.9. The summed E-state index contributed by atoms with van der Waals surface area (Å²) in [7, 11) is 0. The third-order valence-electron chi connectivity index (χ3n) is 5.38. The van der Waals surface area contributed by atoms with Crippen molar-refractivity contribution in [3.8, 4) is 12.3 Å². The number of nitrogens with zero attached hydrogens (tertiary/aromatic N) is 3. The van der Waals surface area contributed by atoms with E-state index < -0.39 is 36.8 Å². The summed E-state index contributed by atoms with van der Waals surface area (Å²) in [6.07, 6.45) is 4.25. The lowest BCUT2D eigenvalue weighted by atomic mass is 9.99. The first-order valence-electron chi connectivity index (χ1n) is 9.84. The van der Waals surface area contributed by atoms with Crippen molar-refractivity contribution in [3.63, 3.8) is 0 Å². The van der Waals surface area contributed by atoms with Gasteiger partial charge in [-0.15, -0.1) is 6.42 Å². The number of aromatic nitrogens is 3. The van der Waals surface area contributed by atoms with E-state index in [2.05, 4.69) is 15.9 Å². The lowest BCUT2D eigenvalue weighted by Gasteiger charge is -2.26. The number of halogens is 1. The van der Waals surface area contributed by atoms with Crippen molar-refractivity contribution < 1.29 is 24.1 Å². The van der Waals surface area contributed by atoms with Gasteiger partial charge in [-0.3, -0.25) is 0 Å². The Labute approximate surface area is 189 Å². The number of hydrogen-bond donors (Lipinski definition) is 2. The predicted molar refractivity (Wildman–Crippen MR) is 117 cm³/mol. The quantitative estimate of drug-likeness (QED) is 0.341. The van der Waals surface area contributed by atoms with Gasteiger partial charge in [0.2, 0.25) is 5.28 Å². The van der Waals surface area contributed by atoms with E-state index in [1.807, 2.05) is 30.3 Å². The maximum Gasteiger partial charge on any atom is 0.509 e. The summed E-state index contributed by atoms with van der Waals surface area (Å²) in [5.74, 6) is 2.65. The highest BCUT2D eigenvalue weighted by atomic mass is 35.5. The lowest BCUT2D eigenvalue weighted by Crippen LogP contribution is -2.43. The minimum Gasteiger partial charge on any atom is -0.430 e. The van der Waals surface area contributed by atoms with Gasteiger partial charge in [0.05, 0.1) is 5.39 Å². The number of benzene rings is 1. The second-order valence-electron chi connectivity index (χ2n) is 7.41. The molecule has 3 aromatic rings. The Morgan fingerprint density at radius 1 is 1.44 bits per heavy atom. The average Bonchev–Trinajstić information content (AvgIpc) is 3.34. The van der Waals surface area contributed by atoms with Gasteiger partial charge < -0.3 is 29.6 Å². The van der Waals surface area contributed by atoms with Crippen LogP contribution in [0.25, 0.3) is 11.0 Å². The zero-order valence-electron chi connectivity index (χ0n) is 17.1. The highest BCUT2D eigenvalue weighted by Gasteiger charge is 2.49. The van der Waals surface area contributed by atoms with Crippen LogP contribution in [0.3, 0.4) is 0 Å². The number of nitrogens with two attached hydrogens (primary N) is 1. The minimum atomic E-state index is -1.56. The molecule has 0 radical (unpaired) electrons. The van der Waals surface area contributed by atoms with Crippen LogP contribution in [-0.4, -0.2) is 44.1 Å². The molecule has 0 spiro atoms. The van der Waals surface area contributed by atoms with Gasteiger partial charge in [-0.1, -0.05) is 36.3 Å². The molecule has 2 aromatic heterocycles. The molecule has 9 nitrogen and oxygen atoms in total. The van der Waals surface area contributed by atoms with Crippen molar-refractivity contribution in [2.24, 2.45) is 0 Å². The Morgan fingerprint density at radius 2 is 2.19 bits per heavy atom. The van der Waals surface area contributed by atoms with Crippen molar-refractivity contribution in [1.82, 2.24) is 14.5 Å². The number of nitrogen functional groups attached to an aromatic ring is 1. The number of carbonyl (C=O) groups excluding carboxylic acids is 1. The molecule has 10 heteroatoms. The molecule has 3 N–H and O–H groups in total. The van der Waals surface area contributed by atoms with Crippen LogP contribution in [0.4, 0.5) is 10.6 Å². The molecule has 0 unspecified atom stereocenters. The monoisotopic (exact) mass is 456 g/mol. The van der Waals surface area contributed by atoms with Crippen molar-refractivity contribution >= 4 is 34.6 Å². The van der Waals surface area contributed by atoms with E-state index in [9.17, 15) is 9.90 Å². The molecule has 4 rings (SSSR count). The molecule has 0 bridgehead atoms. The topological polar surface area (TPSA) is 122 Å². The molecular formula is C22H21ClN4O5. The molecule has 32 heavy (non-hydrogen) atoms. The summed E-state index contributed by atoms with van der Waals surface area (Å²) < 4.78 is 18.1. The summed E-state index contributed by atoms with van der Waals surface area (Å²) in [4.78, 5) is 20.3. The molecular weight excluding hydrogens is 436 g/mol. The normalized spacial score (nSPS) is 23.6. The van der Waals surface area contributed by atoms with Crippen LogP contribution in [0.2, 0.25) is 5.28 Å². The van der Waals surface area contributed by atoms with Gasteiger partial charge in [-0.2, -0.15) is 4.98 Å². The first-order valence-corrected chi connectivity index (χ1v) is 10.2. The number of carbonyl (C=O) groups is 1. The fraction of sp³-hybridized carbons (Fsp3) is 0.318. The zero-order valence-corrected chi connectivity index (χ0v) is 17.9. The minimum absolute atomic E-state index is 0.0182. The first-order chi connectivity index (χ1) is 15.3. The molecule has 0 saturated carbocycles. The molecule has 4 atom stereocenters. The highest BCUT2D eigenvalue weighted by molar-refractivity contribution is 6.28. The Balaban J connectivity index is 1.46. The lowest BCUT2D eigenvalue weighted by molar-refractivity contribution is -0.100. The largest absolute Gasteiger partial charge is 0.509 e. The molecule has 166 valence electrons. The van der Waals surface area contributed by atoms with Crippen molar-refractivity contribution in [2.75, 3.05) is 12.3 Å². The van der Waals surface area contributed by atoms with Crippen LogP contribution >= 0.6 is 11.6 Å². The zero-order chi connectivity index (χ0) is 22.9. The molecule has 3 heterocycles. The van der Waals surface area contributed by atoms with Gasteiger partial charge in [0, 0.05) is 12.6 Å². The van der Waals surface area contributed by atoms with Gasteiger partial charge in [-0.25, -0.2) is 9.78 Å². The number of ether oxygens (including phenoxy) is 3. The molecule has 1 saturated heterocycles. The van der Waals surface area contributed by atoms with Crippen molar-refractivity contribution in [1.29, 1.82) is 0 Å². The van der Waals surface area contributed by atoms with Crippen LogP contribution in [0.5, 0.6) is 0 Å². The van der Waals surface area contributed by atoms with Crippen LogP contribution in [0.15, 0.2) is 42.6 Å². The van der Waals surface area contributed by atoms with Crippen molar-refractivity contribution in [3.05, 3.63) is 53.4 Å².